The van der Waals surface area contributed by atoms with Crippen LogP contribution in [0.1, 0.15) is 40.2 Å². The number of aromatic amines is 1. The molecular weight excluding hydrogens is 530 g/mol. The van der Waals surface area contributed by atoms with Crippen LogP contribution >= 0.6 is 0 Å². The third kappa shape index (κ3) is 5.70. The van der Waals surface area contributed by atoms with Crippen molar-refractivity contribution < 1.29 is 19.0 Å². The maximum Gasteiger partial charge on any atom is 0.254 e. The van der Waals surface area contributed by atoms with Crippen molar-refractivity contribution in [1.29, 1.82) is 0 Å². The zero-order valence-corrected chi connectivity index (χ0v) is 23.8. The van der Waals surface area contributed by atoms with E-state index >= 15 is 0 Å². The Morgan fingerprint density at radius 1 is 0.881 bits per heavy atom. The van der Waals surface area contributed by atoms with Gasteiger partial charge in [-0.2, -0.15) is 0 Å². The summed E-state index contributed by atoms with van der Waals surface area (Å²) in [6, 6.07) is 17.0. The van der Waals surface area contributed by atoms with Crippen molar-refractivity contribution in [2.24, 2.45) is 0 Å². The van der Waals surface area contributed by atoms with Gasteiger partial charge in [0.25, 0.3) is 5.91 Å². The highest BCUT2D eigenvalue weighted by atomic mass is 16.5. The number of hydrogen-bond acceptors (Lipinski definition) is 7. The second kappa shape index (κ2) is 12.3. The third-order valence-electron chi connectivity index (χ3n) is 8.74. The molecule has 0 saturated carbocycles. The van der Waals surface area contributed by atoms with Crippen molar-refractivity contribution in [3.05, 3.63) is 71.4 Å². The molecule has 4 aromatic rings. The summed E-state index contributed by atoms with van der Waals surface area (Å²) < 4.78 is 16.8. The molecule has 0 aliphatic carbocycles. The van der Waals surface area contributed by atoms with Gasteiger partial charge < -0.3 is 29.4 Å². The number of amides is 1. The molecule has 2 aromatic heterocycles. The van der Waals surface area contributed by atoms with Gasteiger partial charge in [-0.1, -0.05) is 24.3 Å². The number of rotatable bonds is 6. The van der Waals surface area contributed by atoms with Gasteiger partial charge in [-0.25, -0.2) is 0 Å². The fourth-order valence-corrected chi connectivity index (χ4v) is 6.41. The molecule has 0 bridgehead atoms. The largest absolute Gasteiger partial charge is 0.381 e. The average Bonchev–Trinajstić information content (AvgIpc) is 3.49. The Labute approximate surface area is 245 Å². The molecule has 1 amide bonds. The molecule has 2 N–H and O–H groups in total. The Morgan fingerprint density at radius 3 is 2.45 bits per heavy atom. The van der Waals surface area contributed by atoms with E-state index in [4.69, 9.17) is 14.2 Å². The lowest BCUT2D eigenvalue weighted by atomic mass is 9.85. The molecule has 3 aliphatic rings. The van der Waals surface area contributed by atoms with E-state index in [1.807, 2.05) is 35.4 Å². The summed E-state index contributed by atoms with van der Waals surface area (Å²) in [5.41, 5.74) is 8.16. The maximum absolute atomic E-state index is 12.9. The lowest BCUT2D eigenvalue weighted by Crippen LogP contribution is -2.42. The van der Waals surface area contributed by atoms with Crippen LogP contribution in [0.25, 0.3) is 33.4 Å². The molecule has 1 atom stereocenters. The number of morpholine rings is 2. The van der Waals surface area contributed by atoms with Gasteiger partial charge in [-0.15, -0.1) is 10.2 Å². The average molecular weight is 568 g/mol. The van der Waals surface area contributed by atoms with Crippen molar-refractivity contribution in [2.45, 2.75) is 31.2 Å². The molecule has 9 nitrogen and oxygen atoms in total. The number of fused-ring (bicyclic) bond motifs is 1. The van der Waals surface area contributed by atoms with Crippen molar-refractivity contribution in [1.82, 2.24) is 25.4 Å². The highest BCUT2D eigenvalue weighted by Gasteiger charge is 2.23. The number of nitrogens with zero attached hydrogens (tertiary/aromatic N) is 3. The summed E-state index contributed by atoms with van der Waals surface area (Å²) >= 11 is 0. The highest BCUT2D eigenvalue weighted by Crippen LogP contribution is 2.35. The van der Waals surface area contributed by atoms with Gasteiger partial charge in [-0.3, -0.25) is 4.79 Å². The summed E-state index contributed by atoms with van der Waals surface area (Å²) in [6.45, 7) is 6.47. The second-order valence-electron chi connectivity index (χ2n) is 11.4. The lowest BCUT2D eigenvalue weighted by molar-refractivity contribution is 0.0303. The molecule has 3 fully saturated rings. The van der Waals surface area contributed by atoms with Gasteiger partial charge in [0, 0.05) is 67.2 Å². The van der Waals surface area contributed by atoms with Crippen LogP contribution in [0.5, 0.6) is 0 Å². The molecule has 2 aromatic carbocycles. The Bertz CT molecular complexity index is 1530. The molecule has 5 heterocycles. The van der Waals surface area contributed by atoms with Crippen molar-refractivity contribution >= 4 is 16.9 Å². The van der Waals surface area contributed by atoms with Gasteiger partial charge in [0.15, 0.2) is 5.65 Å². The number of carbonyl (C=O) groups is 1. The van der Waals surface area contributed by atoms with Crippen LogP contribution < -0.4 is 5.32 Å². The van der Waals surface area contributed by atoms with E-state index in [0.717, 1.165) is 85.7 Å². The van der Waals surface area contributed by atoms with E-state index in [1.165, 1.54) is 11.1 Å². The van der Waals surface area contributed by atoms with E-state index in [1.54, 1.807) is 0 Å². The van der Waals surface area contributed by atoms with Crippen LogP contribution in [0.2, 0.25) is 0 Å². The van der Waals surface area contributed by atoms with Gasteiger partial charge in [0.2, 0.25) is 0 Å². The molecule has 3 saturated heterocycles. The van der Waals surface area contributed by atoms with Gasteiger partial charge >= 0.3 is 0 Å². The van der Waals surface area contributed by atoms with Gasteiger partial charge in [-0.05, 0) is 66.1 Å². The topological polar surface area (TPSA) is 102 Å². The minimum absolute atomic E-state index is 0.0481. The van der Waals surface area contributed by atoms with Crippen molar-refractivity contribution in [3.63, 3.8) is 0 Å². The highest BCUT2D eigenvalue weighted by molar-refractivity contribution is 5.97. The Kier molecular flexibility index (Phi) is 7.98. The summed E-state index contributed by atoms with van der Waals surface area (Å²) in [5.74, 6) is 0.558. The zero-order chi connectivity index (χ0) is 28.3. The Hall–Kier alpha value is -3.63. The fourth-order valence-electron chi connectivity index (χ4n) is 6.41. The smallest absolute Gasteiger partial charge is 0.254 e. The Balaban J connectivity index is 1.18. The molecule has 218 valence electrons. The Morgan fingerprint density at radius 2 is 1.67 bits per heavy atom. The van der Waals surface area contributed by atoms with E-state index in [-0.39, 0.29) is 5.91 Å². The number of benzene rings is 2. The van der Waals surface area contributed by atoms with Gasteiger partial charge in [0.1, 0.15) is 0 Å². The first kappa shape index (κ1) is 27.2. The minimum Gasteiger partial charge on any atom is -0.381 e. The summed E-state index contributed by atoms with van der Waals surface area (Å²) in [6.07, 6.45) is 4.99. The van der Waals surface area contributed by atoms with Gasteiger partial charge in [0.05, 0.1) is 32.1 Å². The predicted octanol–water partition coefficient (Wildman–Crippen LogP) is 4.19. The second-order valence-corrected chi connectivity index (χ2v) is 11.4. The molecule has 0 spiro atoms. The normalized spacial score (nSPS) is 20.2. The molecule has 9 heteroatoms. The lowest BCUT2D eigenvalue weighted by Gasteiger charge is -2.28. The number of carbonyl (C=O) groups excluding carboxylic acids is 1. The fraction of sp³-hybridized carbons (Fsp3) is 0.424. The van der Waals surface area contributed by atoms with E-state index in [0.29, 0.717) is 43.8 Å². The monoisotopic (exact) mass is 567 g/mol. The van der Waals surface area contributed by atoms with E-state index in [9.17, 15) is 4.79 Å². The zero-order valence-electron chi connectivity index (χ0n) is 23.8. The van der Waals surface area contributed by atoms with Crippen LogP contribution in [-0.4, -0.2) is 91.3 Å². The first-order valence-corrected chi connectivity index (χ1v) is 15.1. The quantitative estimate of drug-likeness (QED) is 0.360. The third-order valence-corrected chi connectivity index (χ3v) is 8.74. The standard InChI is InChI=1S/C33H37N5O4/c39-33(38-10-15-41-16-11-38)24-3-1-22(2-4-24)30-20-35-32-29(30)19-31(36-37-32)25-5-6-28(23-7-12-40-13-8-23)26(17-25)18-27-21-42-14-9-34-27/h1-6,17,19-20,23,27,34H,7-16,18,21H2,(H,35,37). The van der Waals surface area contributed by atoms with Crippen molar-refractivity contribution in [3.8, 4) is 22.4 Å². The molecule has 7 rings (SSSR count). The molecule has 1 unspecified atom stereocenters. The molecule has 0 radical (unpaired) electrons. The first-order chi connectivity index (χ1) is 20.7. The first-order valence-electron chi connectivity index (χ1n) is 15.1. The predicted molar refractivity (Wildman–Crippen MR) is 161 cm³/mol. The van der Waals surface area contributed by atoms with Crippen LogP contribution in [-0.2, 0) is 20.6 Å². The molecular formula is C33H37N5O4. The molecule has 3 aliphatic heterocycles. The number of H-pyrrole nitrogens is 1. The summed E-state index contributed by atoms with van der Waals surface area (Å²) in [5, 5.41) is 13.8. The maximum atomic E-state index is 12.9. The number of nitrogens with one attached hydrogen (secondary N) is 2. The van der Waals surface area contributed by atoms with Crippen molar-refractivity contribution in [2.75, 3.05) is 59.3 Å². The van der Waals surface area contributed by atoms with E-state index in [2.05, 4.69) is 44.8 Å². The van der Waals surface area contributed by atoms with Crippen LogP contribution in [0.3, 0.4) is 0 Å². The van der Waals surface area contributed by atoms with Crippen LogP contribution in [0, 0.1) is 0 Å². The number of ether oxygens (including phenoxy) is 3. The number of hydrogen-bond donors (Lipinski definition) is 2. The SMILES string of the molecule is O=C(c1ccc(-c2c[nH]c3nnc(-c4ccc(C5CCOCC5)c(CC5COCCN5)c4)cc23)cc1)N1CCOCC1. The minimum atomic E-state index is 0.0481. The molecule has 42 heavy (non-hydrogen) atoms. The summed E-state index contributed by atoms with van der Waals surface area (Å²) in [4.78, 5) is 18.0. The summed E-state index contributed by atoms with van der Waals surface area (Å²) in [7, 11) is 0. The van der Waals surface area contributed by atoms with E-state index < -0.39 is 0 Å². The van der Waals surface area contributed by atoms with Crippen LogP contribution in [0.4, 0.5) is 0 Å². The number of aromatic nitrogens is 3. The van der Waals surface area contributed by atoms with Crippen LogP contribution in [0.15, 0.2) is 54.7 Å².